The van der Waals surface area contributed by atoms with E-state index in [1.807, 2.05) is 25.1 Å². The van der Waals surface area contributed by atoms with Crippen LogP contribution in [0.1, 0.15) is 16.1 Å². The van der Waals surface area contributed by atoms with Crippen LogP contribution in [-0.4, -0.2) is 18.1 Å². The van der Waals surface area contributed by atoms with Gasteiger partial charge in [0, 0.05) is 9.85 Å². The highest BCUT2D eigenvalue weighted by molar-refractivity contribution is 9.10. The molecule has 0 aliphatic heterocycles. The summed E-state index contributed by atoms with van der Waals surface area (Å²) in [6.07, 6.45) is 0. The van der Waals surface area contributed by atoms with Crippen molar-refractivity contribution >= 4 is 44.1 Å². The molecule has 6 heteroatoms. The maximum atomic E-state index is 11.3. The standard InChI is InChI=1S/C12H11BrN2O2S/c1-7-3-4-9(8(13)5-7)14-12-15-10(6-18-12)11(16)17-2/h3-6H,1-2H3,(H,14,15). The molecule has 1 aromatic carbocycles. The fraction of sp³-hybridized carbons (Fsp3) is 0.167. The third-order valence-electron chi connectivity index (χ3n) is 2.26. The number of aromatic nitrogens is 1. The first-order valence-corrected chi connectivity index (χ1v) is 6.84. The molecule has 2 aromatic rings. The SMILES string of the molecule is COC(=O)c1csc(Nc2ccc(C)cc2Br)n1. The summed E-state index contributed by atoms with van der Waals surface area (Å²) in [6, 6.07) is 5.97. The molecule has 94 valence electrons. The number of nitrogens with one attached hydrogen (secondary N) is 1. The first-order valence-electron chi connectivity index (χ1n) is 5.17. The Kier molecular flexibility index (Phi) is 3.98. The van der Waals surface area contributed by atoms with Crippen LogP contribution in [0, 0.1) is 6.92 Å². The van der Waals surface area contributed by atoms with E-state index >= 15 is 0 Å². The zero-order valence-corrected chi connectivity index (χ0v) is 12.3. The van der Waals surface area contributed by atoms with E-state index in [0.717, 1.165) is 10.2 Å². The minimum atomic E-state index is -0.428. The molecule has 0 atom stereocenters. The number of carbonyl (C=O) groups is 1. The van der Waals surface area contributed by atoms with Crippen LogP contribution in [0.4, 0.5) is 10.8 Å². The summed E-state index contributed by atoms with van der Waals surface area (Å²) in [5.74, 6) is -0.428. The van der Waals surface area contributed by atoms with Crippen molar-refractivity contribution in [2.24, 2.45) is 0 Å². The lowest BCUT2D eigenvalue weighted by Gasteiger charge is -2.05. The van der Waals surface area contributed by atoms with E-state index in [4.69, 9.17) is 0 Å². The van der Waals surface area contributed by atoms with E-state index in [9.17, 15) is 4.79 Å². The van der Waals surface area contributed by atoms with Crippen LogP contribution in [0.15, 0.2) is 28.1 Å². The predicted molar refractivity (Wildman–Crippen MR) is 75.6 cm³/mol. The number of halogens is 1. The van der Waals surface area contributed by atoms with E-state index in [1.165, 1.54) is 24.0 Å². The van der Waals surface area contributed by atoms with Crippen LogP contribution < -0.4 is 5.32 Å². The van der Waals surface area contributed by atoms with E-state index in [1.54, 1.807) is 5.38 Å². The van der Waals surface area contributed by atoms with E-state index < -0.39 is 5.97 Å². The van der Waals surface area contributed by atoms with Crippen LogP contribution in [0.5, 0.6) is 0 Å². The van der Waals surface area contributed by atoms with Crippen molar-refractivity contribution in [1.82, 2.24) is 4.98 Å². The number of nitrogens with zero attached hydrogens (tertiary/aromatic N) is 1. The summed E-state index contributed by atoms with van der Waals surface area (Å²) in [7, 11) is 1.34. The molecule has 4 nitrogen and oxygen atoms in total. The Balaban J connectivity index is 2.18. The molecule has 0 bridgehead atoms. The number of hydrogen-bond acceptors (Lipinski definition) is 5. The Morgan fingerprint density at radius 2 is 2.28 bits per heavy atom. The van der Waals surface area contributed by atoms with Gasteiger partial charge in [0.1, 0.15) is 0 Å². The molecule has 0 aliphatic rings. The first-order chi connectivity index (χ1) is 8.60. The van der Waals surface area contributed by atoms with Crippen LogP contribution in [0.25, 0.3) is 0 Å². The van der Waals surface area contributed by atoms with Crippen LogP contribution in [0.3, 0.4) is 0 Å². The molecule has 1 heterocycles. The van der Waals surface area contributed by atoms with Gasteiger partial charge in [0.15, 0.2) is 10.8 Å². The molecule has 2 rings (SSSR count). The number of benzene rings is 1. The molecule has 0 aliphatic carbocycles. The summed E-state index contributed by atoms with van der Waals surface area (Å²) in [5, 5.41) is 5.47. The van der Waals surface area contributed by atoms with Crippen molar-refractivity contribution in [3.8, 4) is 0 Å². The molecule has 18 heavy (non-hydrogen) atoms. The molecule has 1 N–H and O–H groups in total. The van der Waals surface area contributed by atoms with Crippen molar-refractivity contribution in [3.63, 3.8) is 0 Å². The molecule has 0 saturated heterocycles. The monoisotopic (exact) mass is 326 g/mol. The van der Waals surface area contributed by atoms with Gasteiger partial charge in [-0.3, -0.25) is 0 Å². The number of hydrogen-bond donors (Lipinski definition) is 1. The number of carbonyl (C=O) groups excluding carboxylic acids is 1. The lowest BCUT2D eigenvalue weighted by molar-refractivity contribution is 0.0595. The summed E-state index contributed by atoms with van der Waals surface area (Å²) in [5.41, 5.74) is 2.39. The number of aryl methyl sites for hydroxylation is 1. The number of rotatable bonds is 3. The van der Waals surface area contributed by atoms with E-state index in [2.05, 4.69) is 31.0 Å². The number of anilines is 2. The van der Waals surface area contributed by atoms with Crippen molar-refractivity contribution in [2.45, 2.75) is 6.92 Å². The van der Waals surface area contributed by atoms with Crippen molar-refractivity contribution < 1.29 is 9.53 Å². The minimum absolute atomic E-state index is 0.313. The maximum Gasteiger partial charge on any atom is 0.357 e. The minimum Gasteiger partial charge on any atom is -0.464 e. The summed E-state index contributed by atoms with van der Waals surface area (Å²) >= 11 is 4.83. The number of thiazole rings is 1. The lowest BCUT2D eigenvalue weighted by atomic mass is 10.2. The van der Waals surface area contributed by atoms with Gasteiger partial charge in [-0.15, -0.1) is 11.3 Å². The van der Waals surface area contributed by atoms with Gasteiger partial charge in [-0.05, 0) is 40.5 Å². The summed E-state index contributed by atoms with van der Waals surface area (Å²) in [4.78, 5) is 15.4. The Morgan fingerprint density at radius 3 is 2.94 bits per heavy atom. The van der Waals surface area contributed by atoms with Crippen molar-refractivity contribution in [1.29, 1.82) is 0 Å². The highest BCUT2D eigenvalue weighted by atomic mass is 79.9. The van der Waals surface area contributed by atoms with Crippen LogP contribution >= 0.6 is 27.3 Å². The zero-order chi connectivity index (χ0) is 13.1. The zero-order valence-electron chi connectivity index (χ0n) is 9.86. The number of methoxy groups -OCH3 is 1. The molecule has 1 aromatic heterocycles. The quantitative estimate of drug-likeness (QED) is 0.873. The van der Waals surface area contributed by atoms with Crippen LogP contribution in [-0.2, 0) is 4.74 Å². The van der Waals surface area contributed by atoms with Crippen molar-refractivity contribution in [3.05, 3.63) is 39.3 Å². The van der Waals surface area contributed by atoms with Gasteiger partial charge < -0.3 is 10.1 Å². The molecule has 0 spiro atoms. The largest absolute Gasteiger partial charge is 0.464 e. The van der Waals surface area contributed by atoms with Gasteiger partial charge in [0.2, 0.25) is 0 Å². The van der Waals surface area contributed by atoms with Gasteiger partial charge in [0.05, 0.1) is 12.8 Å². The predicted octanol–water partition coefficient (Wildman–Crippen LogP) is 3.74. The van der Waals surface area contributed by atoms with Gasteiger partial charge >= 0.3 is 5.97 Å². The van der Waals surface area contributed by atoms with Crippen LogP contribution in [0.2, 0.25) is 0 Å². The second kappa shape index (κ2) is 5.49. The average molecular weight is 327 g/mol. The second-order valence-electron chi connectivity index (χ2n) is 3.64. The number of esters is 1. The molecule has 0 saturated carbocycles. The van der Waals surface area contributed by atoms with Crippen molar-refractivity contribution in [2.75, 3.05) is 12.4 Å². The first kappa shape index (κ1) is 13.0. The molecule has 0 unspecified atom stereocenters. The molecular formula is C12H11BrN2O2S. The van der Waals surface area contributed by atoms with Gasteiger partial charge in [-0.2, -0.15) is 0 Å². The maximum absolute atomic E-state index is 11.3. The topological polar surface area (TPSA) is 51.2 Å². The molecule has 0 fully saturated rings. The van der Waals surface area contributed by atoms with Gasteiger partial charge in [0.25, 0.3) is 0 Å². The van der Waals surface area contributed by atoms with Gasteiger partial charge in [-0.1, -0.05) is 6.07 Å². The summed E-state index contributed by atoms with van der Waals surface area (Å²) in [6.45, 7) is 2.02. The fourth-order valence-corrected chi connectivity index (χ4v) is 2.65. The average Bonchev–Trinajstić information content (AvgIpc) is 2.80. The van der Waals surface area contributed by atoms with E-state index in [0.29, 0.717) is 10.8 Å². The Morgan fingerprint density at radius 1 is 1.50 bits per heavy atom. The third kappa shape index (κ3) is 2.88. The third-order valence-corrected chi connectivity index (χ3v) is 3.68. The lowest BCUT2D eigenvalue weighted by Crippen LogP contribution is -2.01. The molecular weight excluding hydrogens is 316 g/mol. The second-order valence-corrected chi connectivity index (χ2v) is 5.35. The molecule has 0 radical (unpaired) electrons. The highest BCUT2D eigenvalue weighted by Gasteiger charge is 2.11. The summed E-state index contributed by atoms with van der Waals surface area (Å²) < 4.78 is 5.56. The smallest absolute Gasteiger partial charge is 0.357 e. The molecule has 0 amide bonds. The normalized spacial score (nSPS) is 10.2. The number of ether oxygens (including phenoxy) is 1. The highest BCUT2D eigenvalue weighted by Crippen LogP contribution is 2.28. The Labute approximate surface area is 117 Å². The fourth-order valence-electron chi connectivity index (χ4n) is 1.37. The Hall–Kier alpha value is -1.40. The van der Waals surface area contributed by atoms with Gasteiger partial charge in [-0.25, -0.2) is 9.78 Å². The Bertz CT molecular complexity index is 583. The van der Waals surface area contributed by atoms with E-state index in [-0.39, 0.29) is 0 Å².